The molecule has 1 aromatic heterocycles. The molecule has 0 spiro atoms. The molecule has 5 nitrogen and oxygen atoms in total. The van der Waals surface area contributed by atoms with Crippen molar-refractivity contribution in [3.63, 3.8) is 0 Å². The monoisotopic (exact) mass is 647 g/mol. The zero-order valence-corrected chi connectivity index (χ0v) is 28.4. The molecule has 230 valence electrons. The van der Waals surface area contributed by atoms with Crippen LogP contribution in [0.1, 0.15) is 64.5 Å². The quantitative estimate of drug-likeness (QED) is 0.205. The van der Waals surface area contributed by atoms with Crippen molar-refractivity contribution >= 4 is 59.5 Å². The number of thiophene rings is 1. The molecule has 0 unspecified atom stereocenters. The van der Waals surface area contributed by atoms with Gasteiger partial charge in [-0.3, -0.25) is 4.55 Å². The van der Waals surface area contributed by atoms with Gasteiger partial charge < -0.3 is 4.90 Å². The highest BCUT2D eigenvalue weighted by Gasteiger charge is 2.47. The average Bonchev–Trinajstić information content (AvgIpc) is 3.52. The molecule has 8 heteroatoms. The fourth-order valence-corrected chi connectivity index (χ4v) is 9.41. The lowest BCUT2D eigenvalue weighted by Crippen LogP contribution is -2.28. The Bertz CT molecular complexity index is 1920. The second kappa shape index (κ2) is 11.4. The lowest BCUT2D eigenvalue weighted by Gasteiger charge is -2.24. The zero-order chi connectivity index (χ0) is 31.4. The Morgan fingerprint density at radius 2 is 1.73 bits per heavy atom. The second-order valence-corrected chi connectivity index (χ2v) is 16.0. The molecule has 1 aliphatic carbocycles. The maximum absolute atomic E-state index is 11.5. The summed E-state index contributed by atoms with van der Waals surface area (Å²) in [5.74, 6) is -0.265. The van der Waals surface area contributed by atoms with Crippen molar-refractivity contribution in [1.29, 1.82) is 0 Å². The Kier molecular flexibility index (Phi) is 8.06. The van der Waals surface area contributed by atoms with E-state index in [1.54, 1.807) is 11.3 Å². The number of nitrogens with zero attached hydrogens (tertiary/aromatic N) is 2. The normalized spacial score (nSPS) is 21.4. The summed E-state index contributed by atoms with van der Waals surface area (Å²) in [6, 6.07) is 17.0. The largest absolute Gasteiger partial charge is 0.347 e. The Labute approximate surface area is 270 Å². The minimum Gasteiger partial charge on any atom is -0.347 e. The molecule has 6 rings (SSSR count). The molecule has 0 saturated carbocycles. The number of hydrogen-bond donors (Lipinski definition) is 1. The highest BCUT2D eigenvalue weighted by molar-refractivity contribution is 7.85. The van der Waals surface area contributed by atoms with E-state index in [-0.39, 0.29) is 16.6 Å². The lowest BCUT2D eigenvalue weighted by molar-refractivity contribution is -0.433. The molecule has 44 heavy (non-hydrogen) atoms. The van der Waals surface area contributed by atoms with Gasteiger partial charge in [0, 0.05) is 51.5 Å². The highest BCUT2D eigenvalue weighted by Crippen LogP contribution is 2.50. The minimum atomic E-state index is -4.03. The summed E-state index contributed by atoms with van der Waals surface area (Å²) in [5.41, 5.74) is 8.09. The third kappa shape index (κ3) is 5.42. The standard InChI is InChI=1S/C36H39ClN2O3S2/c1-35(2)27-15-7-8-16-28(27)38(5)30(35)20-18-24-12-10-13-25(33(24)37)19-21-31-36(3,4)32-26-14-6-9-17-29(26)43-34(32)39(31)22-11-23-44(40,41)42/h6-9,14-21H,10-13,22-23H2,1-5H3/p+1. The van der Waals surface area contributed by atoms with E-state index in [1.165, 1.54) is 32.6 Å². The first-order valence-electron chi connectivity index (χ1n) is 15.2. The number of para-hydroxylation sites is 1. The molecule has 0 saturated heterocycles. The van der Waals surface area contributed by atoms with E-state index in [2.05, 4.69) is 117 Å². The summed E-state index contributed by atoms with van der Waals surface area (Å²) in [5, 5.41) is 3.19. The van der Waals surface area contributed by atoms with Crippen molar-refractivity contribution < 1.29 is 17.5 Å². The second-order valence-electron chi connectivity index (χ2n) is 13.1. The number of allylic oxidation sites excluding steroid dienone is 8. The fourth-order valence-electron chi connectivity index (χ4n) is 7.20. The number of halogens is 1. The maximum atomic E-state index is 11.5. The Hall–Kier alpha value is -2.97. The van der Waals surface area contributed by atoms with Gasteiger partial charge in [-0.25, -0.2) is 0 Å². The van der Waals surface area contributed by atoms with Crippen molar-refractivity contribution in [2.24, 2.45) is 0 Å². The van der Waals surface area contributed by atoms with Gasteiger partial charge in [0.15, 0.2) is 12.3 Å². The smallest absolute Gasteiger partial charge is 0.267 e. The van der Waals surface area contributed by atoms with Crippen LogP contribution < -0.4 is 4.90 Å². The lowest BCUT2D eigenvalue weighted by atomic mass is 9.80. The van der Waals surface area contributed by atoms with Crippen LogP contribution in [0.5, 0.6) is 0 Å². The van der Waals surface area contributed by atoms with Crippen LogP contribution in [0, 0.1) is 0 Å². The van der Waals surface area contributed by atoms with Gasteiger partial charge in [0.2, 0.25) is 0 Å². The van der Waals surface area contributed by atoms with Gasteiger partial charge in [0.1, 0.15) is 0 Å². The molecule has 3 aromatic rings. The van der Waals surface area contributed by atoms with Crippen LogP contribution in [0.3, 0.4) is 0 Å². The van der Waals surface area contributed by atoms with Gasteiger partial charge in [0.05, 0.1) is 16.7 Å². The van der Waals surface area contributed by atoms with Gasteiger partial charge in [-0.15, -0.1) is 0 Å². The molecule has 2 aromatic carbocycles. The number of fused-ring (bicyclic) bond motifs is 4. The van der Waals surface area contributed by atoms with Crippen LogP contribution in [0.15, 0.2) is 94.7 Å². The Morgan fingerprint density at radius 3 is 2.48 bits per heavy atom. The third-order valence-corrected chi connectivity index (χ3v) is 11.9. The number of benzene rings is 2. The van der Waals surface area contributed by atoms with Crippen molar-refractivity contribution in [1.82, 2.24) is 0 Å². The van der Waals surface area contributed by atoms with Crippen LogP contribution in [-0.2, 0) is 20.9 Å². The van der Waals surface area contributed by atoms with Crippen LogP contribution in [0.4, 0.5) is 10.7 Å². The van der Waals surface area contributed by atoms with E-state index in [1.807, 2.05) is 0 Å². The highest BCUT2D eigenvalue weighted by atomic mass is 35.5. The summed E-state index contributed by atoms with van der Waals surface area (Å²) in [7, 11) is -1.90. The topological polar surface area (TPSA) is 60.6 Å². The summed E-state index contributed by atoms with van der Waals surface area (Å²) < 4.78 is 35.9. The summed E-state index contributed by atoms with van der Waals surface area (Å²) in [6.45, 7) is 9.52. The Morgan fingerprint density at radius 1 is 1.00 bits per heavy atom. The number of hydrogen-bond acceptors (Lipinski definition) is 4. The van der Waals surface area contributed by atoms with Crippen molar-refractivity contribution in [3.05, 3.63) is 106 Å². The SMILES string of the molecule is CN1/C(=C/C=C2\CCCC(/C=C/C3=[N+](CCCS(=O)(=O)O)c4sc5ccccc5c4C3(C)C)=C2Cl)C(C)(C)c2ccccc21. The summed E-state index contributed by atoms with van der Waals surface area (Å²) in [4.78, 5) is 2.28. The molecule has 3 heterocycles. The first kappa shape index (κ1) is 31.0. The third-order valence-electron chi connectivity index (χ3n) is 9.44. The van der Waals surface area contributed by atoms with Crippen molar-refractivity contribution in [3.8, 4) is 0 Å². The molecule has 1 N–H and O–H groups in total. The van der Waals surface area contributed by atoms with Crippen molar-refractivity contribution in [2.75, 3.05) is 24.2 Å². The molecule has 0 bridgehead atoms. The predicted molar refractivity (Wildman–Crippen MR) is 186 cm³/mol. The Balaban J connectivity index is 1.35. The molecule has 0 atom stereocenters. The molecule has 0 amide bonds. The van der Waals surface area contributed by atoms with Crippen LogP contribution >= 0.6 is 22.9 Å². The molecule has 0 radical (unpaired) electrons. The summed E-state index contributed by atoms with van der Waals surface area (Å²) >= 11 is 8.84. The minimum absolute atomic E-state index is 0.0937. The van der Waals surface area contributed by atoms with Gasteiger partial charge in [-0.2, -0.15) is 13.0 Å². The van der Waals surface area contributed by atoms with Gasteiger partial charge in [-0.05, 0) is 68.0 Å². The summed E-state index contributed by atoms with van der Waals surface area (Å²) in [6.07, 6.45) is 12.0. The van der Waals surface area contributed by atoms with Crippen LogP contribution in [0.25, 0.3) is 10.1 Å². The molecular weight excluding hydrogens is 608 g/mol. The average molecular weight is 648 g/mol. The van der Waals surface area contributed by atoms with Gasteiger partial charge in [-0.1, -0.05) is 85.3 Å². The molecule has 2 aliphatic heterocycles. The predicted octanol–water partition coefficient (Wildman–Crippen LogP) is 9.03. The van der Waals surface area contributed by atoms with E-state index in [4.69, 9.17) is 11.6 Å². The van der Waals surface area contributed by atoms with Gasteiger partial charge >= 0.3 is 0 Å². The maximum Gasteiger partial charge on any atom is 0.267 e. The van der Waals surface area contributed by atoms with Crippen molar-refractivity contribution in [2.45, 2.75) is 64.2 Å². The van der Waals surface area contributed by atoms with E-state index in [0.29, 0.717) is 13.0 Å². The molecule has 3 aliphatic rings. The fraction of sp³-hybridized carbons (Fsp3) is 0.361. The number of rotatable bonds is 7. The zero-order valence-electron chi connectivity index (χ0n) is 26.0. The van der Waals surface area contributed by atoms with Gasteiger partial charge in [0.25, 0.3) is 15.1 Å². The number of anilines is 1. The van der Waals surface area contributed by atoms with E-state index < -0.39 is 10.1 Å². The van der Waals surface area contributed by atoms with Crippen LogP contribution in [-0.4, -0.2) is 42.6 Å². The first-order valence-corrected chi connectivity index (χ1v) is 18.0. The first-order chi connectivity index (χ1) is 20.8. The van der Waals surface area contributed by atoms with Crippen LogP contribution in [0.2, 0.25) is 0 Å². The molecular formula is C36H40ClN2O3S2+. The van der Waals surface area contributed by atoms with E-state index in [0.717, 1.165) is 46.2 Å². The van der Waals surface area contributed by atoms with E-state index >= 15 is 0 Å². The molecule has 0 fully saturated rings. The number of likely N-dealkylation sites (N-methyl/N-ethyl adjacent to an activating group) is 1. The van der Waals surface area contributed by atoms with E-state index in [9.17, 15) is 13.0 Å².